The first-order valence-corrected chi connectivity index (χ1v) is 6.95. The Morgan fingerprint density at radius 3 is 2.14 bits per heavy atom. The highest BCUT2D eigenvalue weighted by atomic mass is 16.3. The van der Waals surface area contributed by atoms with Crippen molar-refractivity contribution < 1.29 is 15.0 Å². The molecular weight excluding hydrogens is 266 g/mol. The smallest absolute Gasteiger partial charge is 0.249 e. The van der Waals surface area contributed by atoms with Crippen LogP contribution in [0.1, 0.15) is 23.1 Å². The molecule has 2 aromatic carbocycles. The topological polar surface area (TPSA) is 69.6 Å². The van der Waals surface area contributed by atoms with Gasteiger partial charge in [0.2, 0.25) is 5.91 Å². The molecule has 4 atom stereocenters. The molecule has 0 aliphatic carbocycles. The van der Waals surface area contributed by atoms with Crippen LogP contribution in [0.25, 0.3) is 0 Å². The molecule has 1 heterocycles. The van der Waals surface area contributed by atoms with E-state index in [1.807, 2.05) is 60.7 Å². The maximum Gasteiger partial charge on any atom is 0.249 e. The number of aliphatic hydroxyl groups excluding tert-OH is 2. The van der Waals surface area contributed by atoms with Gasteiger partial charge < -0.3 is 15.5 Å². The second-order valence-electron chi connectivity index (χ2n) is 5.27. The number of hydrogen-bond acceptors (Lipinski definition) is 3. The van der Waals surface area contributed by atoms with Gasteiger partial charge in [-0.25, -0.2) is 0 Å². The van der Waals surface area contributed by atoms with Crippen molar-refractivity contribution in [1.82, 2.24) is 5.32 Å². The van der Waals surface area contributed by atoms with E-state index in [-0.39, 0.29) is 0 Å². The Hall–Kier alpha value is -2.17. The number of aliphatic hydroxyl groups is 2. The molecule has 4 heteroatoms. The lowest BCUT2D eigenvalue weighted by molar-refractivity contribution is -0.126. The van der Waals surface area contributed by atoms with Crippen molar-refractivity contribution in [3.8, 4) is 0 Å². The largest absolute Gasteiger partial charge is 0.386 e. The predicted molar refractivity (Wildman–Crippen MR) is 78.5 cm³/mol. The van der Waals surface area contributed by atoms with Gasteiger partial charge in [-0.05, 0) is 11.1 Å². The van der Waals surface area contributed by atoms with E-state index < -0.39 is 30.1 Å². The van der Waals surface area contributed by atoms with E-state index in [0.717, 1.165) is 11.1 Å². The van der Waals surface area contributed by atoms with Crippen molar-refractivity contribution >= 4 is 5.91 Å². The van der Waals surface area contributed by atoms with Crippen LogP contribution in [0.2, 0.25) is 0 Å². The van der Waals surface area contributed by atoms with Crippen LogP contribution in [0.5, 0.6) is 0 Å². The molecule has 1 aliphatic heterocycles. The molecule has 0 spiro atoms. The third kappa shape index (κ3) is 2.55. The number of rotatable bonds is 3. The van der Waals surface area contributed by atoms with Crippen LogP contribution in [0.15, 0.2) is 60.7 Å². The molecule has 3 rings (SSSR count). The first-order chi connectivity index (χ1) is 10.2. The molecule has 4 nitrogen and oxygen atoms in total. The van der Waals surface area contributed by atoms with Crippen LogP contribution in [-0.2, 0) is 4.79 Å². The Labute approximate surface area is 123 Å². The maximum absolute atomic E-state index is 11.8. The lowest BCUT2D eigenvalue weighted by atomic mass is 9.85. The van der Waals surface area contributed by atoms with Gasteiger partial charge in [-0.2, -0.15) is 0 Å². The second kappa shape index (κ2) is 5.68. The minimum absolute atomic E-state index is 0.441. The molecule has 0 saturated carbocycles. The molecule has 1 saturated heterocycles. The fourth-order valence-electron chi connectivity index (χ4n) is 2.90. The number of carbonyl (C=O) groups is 1. The monoisotopic (exact) mass is 283 g/mol. The Bertz CT molecular complexity index is 614. The average Bonchev–Trinajstić information content (AvgIpc) is 2.84. The zero-order valence-corrected chi connectivity index (χ0v) is 11.4. The molecule has 0 radical (unpaired) electrons. The van der Waals surface area contributed by atoms with Crippen LogP contribution in [0.4, 0.5) is 0 Å². The first kappa shape index (κ1) is 13.8. The molecule has 1 unspecified atom stereocenters. The minimum Gasteiger partial charge on any atom is -0.386 e. The summed E-state index contributed by atoms with van der Waals surface area (Å²) < 4.78 is 0. The van der Waals surface area contributed by atoms with Crippen LogP contribution in [0, 0.1) is 0 Å². The van der Waals surface area contributed by atoms with E-state index >= 15 is 0 Å². The Balaban J connectivity index is 1.95. The van der Waals surface area contributed by atoms with Crippen molar-refractivity contribution in [2.75, 3.05) is 0 Å². The summed E-state index contributed by atoms with van der Waals surface area (Å²) in [6, 6.07) is 17.9. The fourth-order valence-corrected chi connectivity index (χ4v) is 2.90. The van der Waals surface area contributed by atoms with Crippen molar-refractivity contribution in [3.63, 3.8) is 0 Å². The Morgan fingerprint density at radius 1 is 0.952 bits per heavy atom. The van der Waals surface area contributed by atoms with E-state index in [4.69, 9.17) is 0 Å². The summed E-state index contributed by atoms with van der Waals surface area (Å²) >= 11 is 0. The lowest BCUT2D eigenvalue weighted by Gasteiger charge is -2.25. The van der Waals surface area contributed by atoms with E-state index in [2.05, 4.69) is 5.32 Å². The summed E-state index contributed by atoms with van der Waals surface area (Å²) in [5, 5.41) is 23.4. The fraction of sp³-hybridized carbons (Fsp3) is 0.235. The van der Waals surface area contributed by atoms with Crippen LogP contribution < -0.4 is 5.32 Å². The maximum atomic E-state index is 11.8. The lowest BCUT2D eigenvalue weighted by Crippen LogP contribution is -2.34. The summed E-state index contributed by atoms with van der Waals surface area (Å²) in [6.07, 6.45) is -2.01. The number of carbonyl (C=O) groups excluding carboxylic acids is 1. The molecule has 1 fully saturated rings. The van der Waals surface area contributed by atoms with Gasteiger partial charge in [0.1, 0.15) is 6.10 Å². The highest BCUT2D eigenvalue weighted by Crippen LogP contribution is 2.35. The summed E-state index contributed by atoms with van der Waals surface area (Å²) in [7, 11) is 0. The molecule has 1 aliphatic rings. The predicted octanol–water partition coefficient (Wildman–Crippen LogP) is 1.36. The molecule has 0 bridgehead atoms. The van der Waals surface area contributed by atoms with Crippen LogP contribution in [-0.4, -0.2) is 28.3 Å². The van der Waals surface area contributed by atoms with E-state index in [1.165, 1.54) is 0 Å². The summed E-state index contributed by atoms with van der Waals surface area (Å²) in [5.74, 6) is -0.905. The van der Waals surface area contributed by atoms with Gasteiger partial charge in [-0.15, -0.1) is 0 Å². The molecule has 1 amide bonds. The van der Waals surface area contributed by atoms with Gasteiger partial charge in [0, 0.05) is 5.92 Å². The highest BCUT2D eigenvalue weighted by Gasteiger charge is 2.45. The number of nitrogens with one attached hydrogen (secondary N) is 1. The third-order valence-electron chi connectivity index (χ3n) is 3.97. The Morgan fingerprint density at radius 2 is 1.52 bits per heavy atom. The van der Waals surface area contributed by atoms with E-state index in [1.54, 1.807) is 0 Å². The van der Waals surface area contributed by atoms with Crippen molar-refractivity contribution in [1.29, 1.82) is 0 Å². The number of amides is 1. The first-order valence-electron chi connectivity index (χ1n) is 6.95. The van der Waals surface area contributed by atoms with Gasteiger partial charge in [0.05, 0.1) is 12.1 Å². The van der Waals surface area contributed by atoms with Crippen LogP contribution in [0.3, 0.4) is 0 Å². The molecule has 0 aromatic heterocycles. The minimum atomic E-state index is -1.14. The second-order valence-corrected chi connectivity index (χ2v) is 5.27. The standard InChI is InChI=1S/C17H17NO3/c19-15(12-9-5-2-6-10-12)14-13(16(20)17(21)18-14)11-7-3-1-4-8-11/h1-10,13-16,19-20H,(H,18,21)/t13-,14-,15+,16?/m1/s1. The molecule has 3 N–H and O–H groups in total. The van der Waals surface area contributed by atoms with Gasteiger partial charge in [0.25, 0.3) is 0 Å². The van der Waals surface area contributed by atoms with Gasteiger partial charge in [-0.1, -0.05) is 60.7 Å². The number of benzene rings is 2. The Kier molecular flexibility index (Phi) is 3.73. The number of hydrogen-bond donors (Lipinski definition) is 3. The van der Waals surface area contributed by atoms with Crippen molar-refractivity contribution in [2.24, 2.45) is 0 Å². The van der Waals surface area contributed by atoms with E-state index in [0.29, 0.717) is 0 Å². The van der Waals surface area contributed by atoms with Crippen molar-refractivity contribution in [3.05, 3.63) is 71.8 Å². The quantitative estimate of drug-likeness (QED) is 0.796. The summed E-state index contributed by atoms with van der Waals surface area (Å²) in [6.45, 7) is 0. The van der Waals surface area contributed by atoms with Crippen molar-refractivity contribution in [2.45, 2.75) is 24.2 Å². The van der Waals surface area contributed by atoms with E-state index in [9.17, 15) is 15.0 Å². The van der Waals surface area contributed by atoms with Gasteiger partial charge in [-0.3, -0.25) is 4.79 Å². The highest BCUT2D eigenvalue weighted by molar-refractivity contribution is 5.85. The summed E-state index contributed by atoms with van der Waals surface area (Å²) in [4.78, 5) is 11.8. The normalized spacial score (nSPS) is 26.4. The van der Waals surface area contributed by atoms with Gasteiger partial charge in [0.15, 0.2) is 0 Å². The molecule has 108 valence electrons. The van der Waals surface area contributed by atoms with Crippen LogP contribution >= 0.6 is 0 Å². The molecular formula is C17H17NO3. The summed E-state index contributed by atoms with van der Waals surface area (Å²) in [5.41, 5.74) is 1.56. The molecule has 2 aromatic rings. The zero-order valence-electron chi connectivity index (χ0n) is 11.4. The zero-order chi connectivity index (χ0) is 14.8. The SMILES string of the molecule is O=C1N[C@@H]([C@@H](O)c2ccccc2)[C@@H](c2ccccc2)C1O. The molecule has 21 heavy (non-hydrogen) atoms. The van der Waals surface area contributed by atoms with Gasteiger partial charge >= 0.3 is 0 Å². The third-order valence-corrected chi connectivity index (χ3v) is 3.97. The average molecular weight is 283 g/mol.